The molecule has 69 heavy (non-hydrogen) atoms. The molecule has 6 nitrogen and oxygen atoms in total. The minimum atomic E-state index is -0.765. The van der Waals surface area contributed by atoms with Gasteiger partial charge < -0.3 is 14.2 Å². The molecule has 1 atom stereocenters. The van der Waals surface area contributed by atoms with E-state index in [1.54, 1.807) is 0 Å². The van der Waals surface area contributed by atoms with Gasteiger partial charge in [-0.2, -0.15) is 0 Å². The Balaban J connectivity index is 4.17. The van der Waals surface area contributed by atoms with Crippen LogP contribution < -0.4 is 0 Å². The highest BCUT2D eigenvalue weighted by Crippen LogP contribution is 2.18. The van der Waals surface area contributed by atoms with E-state index >= 15 is 0 Å². The van der Waals surface area contributed by atoms with Crippen LogP contribution in [-0.2, 0) is 28.6 Å². The largest absolute Gasteiger partial charge is 0.462 e. The lowest BCUT2D eigenvalue weighted by atomic mass is 10.0. The van der Waals surface area contributed by atoms with Crippen LogP contribution in [0.2, 0.25) is 0 Å². The van der Waals surface area contributed by atoms with Gasteiger partial charge in [0.1, 0.15) is 13.2 Å². The molecule has 0 aliphatic heterocycles. The summed E-state index contributed by atoms with van der Waals surface area (Å²) in [5.74, 6) is -0.843. The Bertz CT molecular complexity index is 1070. The maximum Gasteiger partial charge on any atom is 0.306 e. The number of hydrogen-bond donors (Lipinski definition) is 0. The van der Waals surface area contributed by atoms with Crippen LogP contribution in [0, 0.1) is 0 Å². The molecule has 0 heterocycles. The summed E-state index contributed by atoms with van der Waals surface area (Å²) in [5.41, 5.74) is 0. The van der Waals surface area contributed by atoms with Crippen LogP contribution >= 0.6 is 0 Å². The second kappa shape index (κ2) is 58.7. The van der Waals surface area contributed by atoms with Crippen molar-refractivity contribution in [3.8, 4) is 0 Å². The van der Waals surface area contributed by atoms with Gasteiger partial charge in [-0.25, -0.2) is 0 Å². The Morgan fingerprint density at radius 1 is 0.275 bits per heavy atom. The fourth-order valence-corrected chi connectivity index (χ4v) is 9.56. The van der Waals surface area contributed by atoms with Gasteiger partial charge in [-0.15, -0.1) is 0 Å². The summed E-state index contributed by atoms with van der Waals surface area (Å²) in [5, 5.41) is 0. The predicted molar refractivity (Wildman–Crippen MR) is 298 cm³/mol. The molecule has 0 radical (unpaired) electrons. The fraction of sp³-hybridized carbons (Fsp3) is 0.921. The first-order chi connectivity index (χ1) is 34.0. The standard InChI is InChI=1S/C63H120O6/c1-4-7-10-13-16-19-21-23-25-27-29-31-33-35-37-39-41-44-47-50-53-56-62(65)68-59-60(58-67-61(64)55-52-49-46-43-18-15-12-9-6-3)69-63(66)57-54-51-48-45-42-40-38-36-34-32-30-28-26-24-22-20-17-14-11-8-5-2/h27,29,60H,4-26,28,30-59H2,1-3H3/b29-27-. The molecule has 0 saturated carbocycles. The average Bonchev–Trinajstić information content (AvgIpc) is 3.35. The summed E-state index contributed by atoms with van der Waals surface area (Å²) in [4.78, 5) is 38.1. The number of hydrogen-bond acceptors (Lipinski definition) is 6. The molecule has 408 valence electrons. The van der Waals surface area contributed by atoms with Crippen molar-refractivity contribution >= 4 is 17.9 Å². The summed E-state index contributed by atoms with van der Waals surface area (Å²) < 4.78 is 16.9. The van der Waals surface area contributed by atoms with Crippen LogP contribution in [0.4, 0.5) is 0 Å². The molecule has 0 bridgehead atoms. The van der Waals surface area contributed by atoms with Gasteiger partial charge in [0.05, 0.1) is 0 Å². The van der Waals surface area contributed by atoms with Gasteiger partial charge in [0.15, 0.2) is 6.10 Å². The Labute approximate surface area is 431 Å². The van der Waals surface area contributed by atoms with Crippen LogP contribution in [0.25, 0.3) is 0 Å². The third-order valence-electron chi connectivity index (χ3n) is 14.3. The molecule has 0 spiro atoms. The van der Waals surface area contributed by atoms with Gasteiger partial charge in [-0.1, -0.05) is 303 Å². The Kier molecular flexibility index (Phi) is 57.1. The predicted octanol–water partition coefficient (Wildman–Crippen LogP) is 20.9. The first-order valence-electron chi connectivity index (χ1n) is 31.2. The Morgan fingerprint density at radius 3 is 0.725 bits per heavy atom. The van der Waals surface area contributed by atoms with Crippen LogP contribution in [0.15, 0.2) is 12.2 Å². The molecule has 0 aliphatic rings. The van der Waals surface area contributed by atoms with Gasteiger partial charge in [-0.05, 0) is 44.9 Å². The number of rotatable bonds is 58. The van der Waals surface area contributed by atoms with E-state index in [1.807, 2.05) is 0 Å². The van der Waals surface area contributed by atoms with Crippen molar-refractivity contribution in [2.75, 3.05) is 13.2 Å². The lowest BCUT2D eigenvalue weighted by Gasteiger charge is -2.18. The van der Waals surface area contributed by atoms with Gasteiger partial charge in [0.2, 0.25) is 0 Å². The van der Waals surface area contributed by atoms with Gasteiger partial charge >= 0.3 is 17.9 Å². The highest BCUT2D eigenvalue weighted by atomic mass is 16.6. The first kappa shape index (κ1) is 67.1. The zero-order valence-electron chi connectivity index (χ0n) is 46.9. The minimum absolute atomic E-state index is 0.0648. The van der Waals surface area contributed by atoms with Crippen LogP contribution in [0.3, 0.4) is 0 Å². The number of carbonyl (C=O) groups excluding carboxylic acids is 3. The number of carbonyl (C=O) groups is 3. The molecule has 0 fully saturated rings. The van der Waals surface area contributed by atoms with Gasteiger partial charge in [0.25, 0.3) is 0 Å². The number of ether oxygens (including phenoxy) is 3. The zero-order chi connectivity index (χ0) is 50.0. The third-order valence-corrected chi connectivity index (χ3v) is 14.3. The Hall–Kier alpha value is -1.85. The zero-order valence-corrected chi connectivity index (χ0v) is 46.9. The van der Waals surface area contributed by atoms with Gasteiger partial charge in [-0.3, -0.25) is 14.4 Å². The van der Waals surface area contributed by atoms with Crippen LogP contribution in [-0.4, -0.2) is 37.2 Å². The summed E-state index contributed by atoms with van der Waals surface area (Å²) in [7, 11) is 0. The lowest BCUT2D eigenvalue weighted by molar-refractivity contribution is -0.167. The third kappa shape index (κ3) is 56.9. The first-order valence-corrected chi connectivity index (χ1v) is 31.2. The van der Waals surface area contributed by atoms with Crippen molar-refractivity contribution in [3.63, 3.8) is 0 Å². The number of allylic oxidation sites excluding steroid dienone is 2. The van der Waals surface area contributed by atoms with E-state index in [0.717, 1.165) is 57.8 Å². The molecule has 0 N–H and O–H groups in total. The molecule has 0 aliphatic carbocycles. The summed E-state index contributed by atoms with van der Waals surface area (Å²) in [6, 6.07) is 0. The molecule has 0 amide bonds. The van der Waals surface area contributed by atoms with Crippen molar-refractivity contribution < 1.29 is 28.6 Å². The molecular formula is C63H120O6. The average molecular weight is 974 g/mol. The number of esters is 3. The monoisotopic (exact) mass is 973 g/mol. The van der Waals surface area contributed by atoms with Crippen molar-refractivity contribution in [1.29, 1.82) is 0 Å². The molecule has 0 rings (SSSR count). The van der Waals surface area contributed by atoms with E-state index in [4.69, 9.17) is 14.2 Å². The SMILES string of the molecule is CCCCCCCCCC/C=C\CCCCCCCCCCCC(=O)OCC(COC(=O)CCCCCCCCCCC)OC(=O)CCCCCCCCCCCCCCCCCCCCCCC. The fourth-order valence-electron chi connectivity index (χ4n) is 9.56. The van der Waals surface area contributed by atoms with Crippen molar-refractivity contribution in [2.45, 2.75) is 361 Å². The Morgan fingerprint density at radius 2 is 0.478 bits per heavy atom. The topological polar surface area (TPSA) is 78.9 Å². The van der Waals surface area contributed by atoms with Crippen molar-refractivity contribution in [3.05, 3.63) is 12.2 Å². The van der Waals surface area contributed by atoms with E-state index < -0.39 is 6.10 Å². The molecule has 0 aromatic rings. The molecule has 6 heteroatoms. The minimum Gasteiger partial charge on any atom is -0.462 e. The summed E-state index contributed by atoms with van der Waals surface area (Å²) in [6.07, 6.45) is 68.0. The summed E-state index contributed by atoms with van der Waals surface area (Å²) >= 11 is 0. The normalized spacial score (nSPS) is 12.0. The molecule has 0 saturated heterocycles. The quantitative estimate of drug-likeness (QED) is 0.0261. The van der Waals surface area contributed by atoms with Crippen LogP contribution in [0.5, 0.6) is 0 Å². The van der Waals surface area contributed by atoms with E-state index in [2.05, 4.69) is 32.9 Å². The number of unbranched alkanes of at least 4 members (excludes halogenated alkanes) is 45. The molecule has 0 aromatic heterocycles. The van der Waals surface area contributed by atoms with E-state index in [9.17, 15) is 14.4 Å². The van der Waals surface area contributed by atoms with Crippen molar-refractivity contribution in [2.24, 2.45) is 0 Å². The highest BCUT2D eigenvalue weighted by Gasteiger charge is 2.19. The second-order valence-corrected chi connectivity index (χ2v) is 21.3. The molecule has 1 unspecified atom stereocenters. The van der Waals surface area contributed by atoms with E-state index in [1.165, 1.54) is 257 Å². The second-order valence-electron chi connectivity index (χ2n) is 21.3. The summed E-state index contributed by atoms with van der Waals surface area (Å²) in [6.45, 7) is 6.69. The van der Waals surface area contributed by atoms with E-state index in [-0.39, 0.29) is 31.1 Å². The smallest absolute Gasteiger partial charge is 0.306 e. The lowest BCUT2D eigenvalue weighted by Crippen LogP contribution is -2.30. The highest BCUT2D eigenvalue weighted by molar-refractivity contribution is 5.71. The van der Waals surface area contributed by atoms with Crippen LogP contribution in [0.1, 0.15) is 355 Å². The van der Waals surface area contributed by atoms with E-state index in [0.29, 0.717) is 19.3 Å². The maximum atomic E-state index is 12.9. The maximum absolute atomic E-state index is 12.9. The molecule has 0 aromatic carbocycles. The molecular weight excluding hydrogens is 853 g/mol. The van der Waals surface area contributed by atoms with Gasteiger partial charge in [0, 0.05) is 19.3 Å². The van der Waals surface area contributed by atoms with Crippen molar-refractivity contribution in [1.82, 2.24) is 0 Å².